The standard InChI is InChI=1S/C25H27N5O3/c1-4-27-25(32)28-17-7-8-18-19-9-16(22-13(2)29-33-14(22)3)10-20(24(26)31)23(19)30(21(18)11-17)12-15-5-6-15/h7-11,15H,4-6,12H2,1-3H3,(H2,26,31)(H2,27,28,32). The highest BCUT2D eigenvalue weighted by Gasteiger charge is 2.26. The highest BCUT2D eigenvalue weighted by molar-refractivity contribution is 6.17. The van der Waals surface area contributed by atoms with Crippen LogP contribution < -0.4 is 16.4 Å². The maximum atomic E-state index is 12.6. The second-order valence-electron chi connectivity index (χ2n) is 8.75. The van der Waals surface area contributed by atoms with E-state index in [1.807, 2.05) is 45.0 Å². The van der Waals surface area contributed by atoms with Gasteiger partial charge in [-0.2, -0.15) is 0 Å². The van der Waals surface area contributed by atoms with Gasteiger partial charge in [0.1, 0.15) is 5.76 Å². The molecule has 1 fully saturated rings. The second kappa shape index (κ2) is 7.95. The summed E-state index contributed by atoms with van der Waals surface area (Å²) in [6.07, 6.45) is 2.34. The Morgan fingerprint density at radius 3 is 2.61 bits per heavy atom. The van der Waals surface area contributed by atoms with Crippen molar-refractivity contribution in [2.24, 2.45) is 11.7 Å². The number of aryl methyl sites for hydroxylation is 2. The van der Waals surface area contributed by atoms with Crippen molar-refractivity contribution in [1.82, 2.24) is 15.0 Å². The van der Waals surface area contributed by atoms with Crippen LogP contribution in [0, 0.1) is 19.8 Å². The first kappa shape index (κ1) is 21.1. The van der Waals surface area contributed by atoms with Gasteiger partial charge in [0.2, 0.25) is 0 Å². The highest BCUT2D eigenvalue weighted by atomic mass is 16.5. The maximum absolute atomic E-state index is 12.6. The summed E-state index contributed by atoms with van der Waals surface area (Å²) in [4.78, 5) is 24.7. The van der Waals surface area contributed by atoms with E-state index in [0.717, 1.165) is 45.2 Å². The van der Waals surface area contributed by atoms with Gasteiger partial charge in [0.05, 0.1) is 22.3 Å². The van der Waals surface area contributed by atoms with Gasteiger partial charge in [-0.15, -0.1) is 0 Å². The molecule has 0 unspecified atom stereocenters. The number of amides is 3. The Labute approximate surface area is 191 Å². The first-order chi connectivity index (χ1) is 15.9. The number of hydrogen-bond donors (Lipinski definition) is 3. The van der Waals surface area contributed by atoms with Crippen LogP contribution in [-0.4, -0.2) is 28.2 Å². The summed E-state index contributed by atoms with van der Waals surface area (Å²) in [6, 6.07) is 9.51. The maximum Gasteiger partial charge on any atom is 0.319 e. The number of fused-ring (bicyclic) bond motifs is 3. The Morgan fingerprint density at radius 2 is 1.97 bits per heavy atom. The number of hydrogen-bond acceptors (Lipinski definition) is 4. The zero-order valence-corrected chi connectivity index (χ0v) is 19.0. The molecule has 2 heterocycles. The number of urea groups is 1. The lowest BCUT2D eigenvalue weighted by Crippen LogP contribution is -2.28. The number of anilines is 1. The number of aromatic nitrogens is 2. The van der Waals surface area contributed by atoms with Crippen LogP contribution >= 0.6 is 0 Å². The Bertz CT molecular complexity index is 1390. The third kappa shape index (κ3) is 3.71. The van der Waals surface area contributed by atoms with E-state index in [1.165, 1.54) is 12.8 Å². The number of carbonyl (C=O) groups excluding carboxylic acids is 2. The third-order valence-corrected chi connectivity index (χ3v) is 6.28. The van der Waals surface area contributed by atoms with Crippen LogP contribution in [0.25, 0.3) is 32.9 Å². The molecule has 0 radical (unpaired) electrons. The van der Waals surface area contributed by atoms with E-state index in [9.17, 15) is 9.59 Å². The minimum atomic E-state index is -0.478. The quantitative estimate of drug-likeness (QED) is 0.398. The fourth-order valence-electron chi connectivity index (χ4n) is 4.62. The van der Waals surface area contributed by atoms with Gasteiger partial charge in [-0.3, -0.25) is 4.79 Å². The average molecular weight is 446 g/mol. The lowest BCUT2D eigenvalue weighted by Gasteiger charge is -2.11. The molecule has 3 amide bonds. The Hall–Kier alpha value is -3.81. The first-order valence-electron chi connectivity index (χ1n) is 11.2. The van der Waals surface area contributed by atoms with Gasteiger partial charge < -0.3 is 25.5 Å². The molecule has 0 aliphatic heterocycles. The summed E-state index contributed by atoms with van der Waals surface area (Å²) in [6.45, 7) is 6.96. The Balaban J connectivity index is 1.78. The summed E-state index contributed by atoms with van der Waals surface area (Å²) in [7, 11) is 0. The lowest BCUT2D eigenvalue weighted by atomic mass is 9.97. The fourth-order valence-corrected chi connectivity index (χ4v) is 4.62. The zero-order valence-electron chi connectivity index (χ0n) is 19.0. The molecule has 1 aliphatic carbocycles. The monoisotopic (exact) mass is 445 g/mol. The molecule has 4 N–H and O–H groups in total. The molecule has 4 aromatic rings. The molecule has 0 bridgehead atoms. The second-order valence-corrected chi connectivity index (χ2v) is 8.75. The predicted molar refractivity (Wildman–Crippen MR) is 128 cm³/mol. The van der Waals surface area contributed by atoms with Crippen LogP contribution in [0.2, 0.25) is 0 Å². The first-order valence-corrected chi connectivity index (χ1v) is 11.2. The normalized spacial score (nSPS) is 13.5. The number of nitrogens with two attached hydrogens (primary N) is 1. The third-order valence-electron chi connectivity index (χ3n) is 6.28. The lowest BCUT2D eigenvalue weighted by molar-refractivity contribution is 0.100. The molecule has 0 saturated heterocycles. The van der Waals surface area contributed by atoms with Crippen LogP contribution in [0.3, 0.4) is 0 Å². The molecule has 33 heavy (non-hydrogen) atoms. The van der Waals surface area contributed by atoms with Gasteiger partial charge in [0, 0.05) is 35.1 Å². The van der Waals surface area contributed by atoms with E-state index >= 15 is 0 Å². The van der Waals surface area contributed by atoms with Gasteiger partial charge in [-0.1, -0.05) is 11.2 Å². The molecular weight excluding hydrogens is 418 g/mol. The average Bonchev–Trinajstić information content (AvgIpc) is 3.46. The van der Waals surface area contributed by atoms with E-state index in [0.29, 0.717) is 29.5 Å². The van der Waals surface area contributed by atoms with Crippen molar-refractivity contribution in [1.29, 1.82) is 0 Å². The van der Waals surface area contributed by atoms with Gasteiger partial charge >= 0.3 is 6.03 Å². The summed E-state index contributed by atoms with van der Waals surface area (Å²) in [5.74, 6) is 0.790. The minimum absolute atomic E-state index is 0.250. The van der Waals surface area contributed by atoms with Crippen molar-refractivity contribution in [2.75, 3.05) is 11.9 Å². The number of carbonyl (C=O) groups is 2. The van der Waals surface area contributed by atoms with Crippen LogP contribution in [0.4, 0.5) is 10.5 Å². The van der Waals surface area contributed by atoms with Crippen molar-refractivity contribution in [2.45, 2.75) is 40.2 Å². The van der Waals surface area contributed by atoms with Crippen molar-refractivity contribution in [3.8, 4) is 11.1 Å². The highest BCUT2D eigenvalue weighted by Crippen LogP contribution is 2.40. The molecule has 2 aromatic carbocycles. The van der Waals surface area contributed by atoms with Crippen molar-refractivity contribution in [3.05, 3.63) is 47.3 Å². The van der Waals surface area contributed by atoms with E-state index in [-0.39, 0.29) is 6.03 Å². The molecule has 1 saturated carbocycles. The number of nitrogens with zero attached hydrogens (tertiary/aromatic N) is 2. The van der Waals surface area contributed by atoms with Crippen LogP contribution in [0.5, 0.6) is 0 Å². The molecule has 0 atom stereocenters. The minimum Gasteiger partial charge on any atom is -0.366 e. The van der Waals surface area contributed by atoms with Gasteiger partial charge in [-0.05, 0) is 69.4 Å². The van der Waals surface area contributed by atoms with Crippen LogP contribution in [0.15, 0.2) is 34.9 Å². The topological polar surface area (TPSA) is 115 Å². The molecule has 8 nitrogen and oxygen atoms in total. The number of benzene rings is 2. The van der Waals surface area contributed by atoms with Crippen LogP contribution in [0.1, 0.15) is 41.6 Å². The molecule has 1 aliphatic rings. The van der Waals surface area contributed by atoms with E-state index in [2.05, 4.69) is 26.4 Å². The number of rotatable bonds is 6. The van der Waals surface area contributed by atoms with Gasteiger partial charge in [-0.25, -0.2) is 4.79 Å². The van der Waals surface area contributed by atoms with Crippen molar-refractivity contribution >= 4 is 39.4 Å². The van der Waals surface area contributed by atoms with E-state index < -0.39 is 5.91 Å². The molecular formula is C25H27N5O3. The van der Waals surface area contributed by atoms with Crippen LogP contribution in [-0.2, 0) is 6.54 Å². The fraction of sp³-hybridized carbons (Fsp3) is 0.320. The number of primary amides is 1. The Morgan fingerprint density at radius 1 is 1.18 bits per heavy atom. The summed E-state index contributed by atoms with van der Waals surface area (Å²) < 4.78 is 7.55. The zero-order chi connectivity index (χ0) is 23.3. The van der Waals surface area contributed by atoms with Crippen molar-refractivity contribution in [3.63, 3.8) is 0 Å². The van der Waals surface area contributed by atoms with Gasteiger partial charge in [0.25, 0.3) is 5.91 Å². The van der Waals surface area contributed by atoms with E-state index in [1.54, 1.807) is 0 Å². The number of nitrogens with one attached hydrogen (secondary N) is 2. The predicted octanol–water partition coefficient (Wildman–Crippen LogP) is 4.72. The molecule has 0 spiro atoms. The molecule has 8 heteroatoms. The SMILES string of the molecule is CCNC(=O)Nc1ccc2c3cc(-c4c(C)noc4C)cc(C(N)=O)c3n(CC3CC3)c2c1. The van der Waals surface area contributed by atoms with Gasteiger partial charge in [0.15, 0.2) is 0 Å². The van der Waals surface area contributed by atoms with Crippen molar-refractivity contribution < 1.29 is 14.1 Å². The smallest absolute Gasteiger partial charge is 0.319 e. The molecule has 2 aromatic heterocycles. The largest absolute Gasteiger partial charge is 0.366 e. The van der Waals surface area contributed by atoms with E-state index in [4.69, 9.17) is 10.3 Å². The molecule has 5 rings (SSSR count). The molecule has 170 valence electrons. The summed E-state index contributed by atoms with van der Waals surface area (Å²) in [5, 5.41) is 11.7. The summed E-state index contributed by atoms with van der Waals surface area (Å²) >= 11 is 0. The summed E-state index contributed by atoms with van der Waals surface area (Å²) in [5.41, 5.74) is 11.3. The Kier molecular flexibility index (Phi) is 5.08.